The van der Waals surface area contributed by atoms with Crippen molar-refractivity contribution in [2.45, 2.75) is 49.4 Å². The van der Waals surface area contributed by atoms with Crippen molar-refractivity contribution in [3.8, 4) is 0 Å². The molecule has 0 aliphatic carbocycles. The molecule has 20 heavy (non-hydrogen) atoms. The van der Waals surface area contributed by atoms with Gasteiger partial charge in [0.15, 0.2) is 0 Å². The molecule has 2 aliphatic heterocycles. The molecule has 0 aromatic rings. The molecule has 0 radical (unpaired) electrons. The Morgan fingerprint density at radius 1 is 1.35 bits per heavy atom. The van der Waals surface area contributed by atoms with Crippen LogP contribution in [0.15, 0.2) is 0 Å². The molecule has 3 N–H and O–H groups in total. The smallest absolute Gasteiger partial charge is 0.315 e. The Hall–Kier alpha value is -0.560. The Morgan fingerprint density at radius 3 is 3.00 bits per heavy atom. The Labute approximate surface area is 129 Å². The van der Waals surface area contributed by atoms with Crippen LogP contribution in [-0.4, -0.2) is 47.3 Å². The maximum absolute atomic E-state index is 11.5. The maximum Gasteiger partial charge on any atom is 0.315 e. The average molecular weight is 317 g/mol. The van der Waals surface area contributed by atoms with Gasteiger partial charge in [0, 0.05) is 24.0 Å². The monoisotopic (exact) mass is 317 g/mol. The number of amides is 3. The molecule has 114 valence electrons. The van der Waals surface area contributed by atoms with Crippen LogP contribution in [-0.2, 0) is 4.79 Å². The number of thiol groups is 1. The summed E-state index contributed by atoms with van der Waals surface area (Å²) in [4.78, 5) is 22.8. The van der Waals surface area contributed by atoms with Crippen LogP contribution in [0.3, 0.4) is 0 Å². The molecule has 5 nitrogen and oxygen atoms in total. The Bertz CT molecular complexity index is 355. The van der Waals surface area contributed by atoms with Gasteiger partial charge in [0.25, 0.3) is 0 Å². The molecule has 7 heteroatoms. The van der Waals surface area contributed by atoms with Crippen molar-refractivity contribution in [2.75, 3.05) is 18.1 Å². The van der Waals surface area contributed by atoms with Gasteiger partial charge in [-0.3, -0.25) is 4.79 Å². The fraction of sp³-hybridized carbons (Fsp3) is 0.846. The van der Waals surface area contributed by atoms with Crippen molar-refractivity contribution in [2.24, 2.45) is 0 Å². The van der Waals surface area contributed by atoms with E-state index in [0.717, 1.165) is 43.7 Å². The Balaban J connectivity index is 1.55. The summed E-state index contributed by atoms with van der Waals surface area (Å²) in [5.41, 5.74) is 0. The predicted molar refractivity (Wildman–Crippen MR) is 85.4 cm³/mol. The largest absolute Gasteiger partial charge is 0.356 e. The fourth-order valence-electron chi connectivity index (χ4n) is 2.67. The van der Waals surface area contributed by atoms with Crippen LogP contribution in [0.4, 0.5) is 4.79 Å². The van der Waals surface area contributed by atoms with Gasteiger partial charge in [-0.15, -0.1) is 0 Å². The highest BCUT2D eigenvalue weighted by atomic mass is 32.2. The summed E-state index contributed by atoms with van der Waals surface area (Å²) < 4.78 is 0. The first kappa shape index (κ1) is 15.8. The minimum absolute atomic E-state index is 0.0335. The van der Waals surface area contributed by atoms with E-state index in [-0.39, 0.29) is 18.0 Å². The van der Waals surface area contributed by atoms with Crippen molar-refractivity contribution in [3.05, 3.63) is 0 Å². The topological polar surface area (TPSA) is 70.2 Å². The van der Waals surface area contributed by atoms with Crippen LogP contribution in [0, 0.1) is 0 Å². The molecular weight excluding hydrogens is 294 g/mol. The molecule has 3 atom stereocenters. The lowest BCUT2D eigenvalue weighted by Crippen LogP contribution is -2.36. The van der Waals surface area contributed by atoms with Gasteiger partial charge in [0.2, 0.25) is 5.91 Å². The van der Waals surface area contributed by atoms with Crippen LogP contribution in [0.1, 0.15) is 32.1 Å². The minimum atomic E-state index is -0.0335. The molecule has 0 saturated carbocycles. The number of thioether (sulfide) groups is 1. The number of rotatable bonds is 8. The average Bonchev–Trinajstić information content (AvgIpc) is 2.95. The summed E-state index contributed by atoms with van der Waals surface area (Å²) in [7, 11) is 0. The maximum atomic E-state index is 11.5. The van der Waals surface area contributed by atoms with E-state index in [1.54, 1.807) is 0 Å². The van der Waals surface area contributed by atoms with Gasteiger partial charge < -0.3 is 16.0 Å². The number of hydrogen-bond donors (Lipinski definition) is 4. The van der Waals surface area contributed by atoms with Gasteiger partial charge in [0.05, 0.1) is 12.1 Å². The molecule has 2 saturated heterocycles. The summed E-state index contributed by atoms with van der Waals surface area (Å²) in [6, 6.07) is 0.535. The van der Waals surface area contributed by atoms with E-state index < -0.39 is 0 Å². The molecule has 0 aromatic heterocycles. The molecule has 0 spiro atoms. The molecule has 2 fully saturated rings. The highest BCUT2D eigenvalue weighted by Gasteiger charge is 2.42. The highest BCUT2D eigenvalue weighted by Crippen LogP contribution is 2.33. The van der Waals surface area contributed by atoms with Gasteiger partial charge in [0.1, 0.15) is 0 Å². The summed E-state index contributed by atoms with van der Waals surface area (Å²) in [6.07, 6.45) is 4.54. The van der Waals surface area contributed by atoms with E-state index in [2.05, 4.69) is 28.6 Å². The van der Waals surface area contributed by atoms with Crippen LogP contribution >= 0.6 is 24.4 Å². The van der Waals surface area contributed by atoms with Crippen LogP contribution in [0.5, 0.6) is 0 Å². The van der Waals surface area contributed by atoms with Crippen molar-refractivity contribution in [3.63, 3.8) is 0 Å². The van der Waals surface area contributed by atoms with Gasteiger partial charge >= 0.3 is 6.03 Å². The zero-order valence-corrected chi connectivity index (χ0v) is 13.3. The van der Waals surface area contributed by atoms with Crippen molar-refractivity contribution in [1.82, 2.24) is 16.0 Å². The van der Waals surface area contributed by atoms with Crippen LogP contribution < -0.4 is 16.0 Å². The van der Waals surface area contributed by atoms with E-state index in [0.29, 0.717) is 17.7 Å². The van der Waals surface area contributed by atoms with Gasteiger partial charge in [-0.05, 0) is 25.0 Å². The highest BCUT2D eigenvalue weighted by molar-refractivity contribution is 8.00. The van der Waals surface area contributed by atoms with Crippen LogP contribution in [0.2, 0.25) is 0 Å². The summed E-state index contributed by atoms with van der Waals surface area (Å²) in [5, 5.41) is 9.32. The van der Waals surface area contributed by atoms with Crippen molar-refractivity contribution >= 4 is 36.3 Å². The third-order valence-electron chi connectivity index (χ3n) is 3.74. The molecule has 0 bridgehead atoms. The normalized spacial score (nSPS) is 27.9. The Kier molecular flexibility index (Phi) is 6.35. The third kappa shape index (κ3) is 4.48. The second-order valence-electron chi connectivity index (χ2n) is 5.29. The number of fused-ring (bicyclic) bond motifs is 1. The third-order valence-corrected chi connectivity index (χ3v) is 5.56. The molecule has 2 heterocycles. The second kappa shape index (κ2) is 8.02. The minimum Gasteiger partial charge on any atom is -0.356 e. The predicted octanol–water partition coefficient (Wildman–Crippen LogP) is 1.15. The van der Waals surface area contributed by atoms with E-state index >= 15 is 0 Å². The zero-order chi connectivity index (χ0) is 14.4. The number of urea groups is 1. The van der Waals surface area contributed by atoms with Crippen molar-refractivity contribution < 1.29 is 9.59 Å². The first-order valence-electron chi connectivity index (χ1n) is 7.27. The van der Waals surface area contributed by atoms with Gasteiger partial charge in [-0.25, -0.2) is 4.79 Å². The lowest BCUT2D eigenvalue weighted by molar-refractivity contribution is -0.121. The summed E-state index contributed by atoms with van der Waals surface area (Å²) in [6.45, 7) is 0.724. The van der Waals surface area contributed by atoms with E-state index in [1.165, 1.54) is 0 Å². The van der Waals surface area contributed by atoms with E-state index in [9.17, 15) is 9.59 Å². The number of nitrogens with one attached hydrogen (secondary N) is 3. The van der Waals surface area contributed by atoms with Crippen LogP contribution in [0.25, 0.3) is 0 Å². The summed E-state index contributed by atoms with van der Waals surface area (Å²) >= 11 is 6.03. The molecule has 2 aliphatic rings. The number of hydrogen-bond acceptors (Lipinski definition) is 4. The molecule has 2 rings (SSSR count). The van der Waals surface area contributed by atoms with Crippen molar-refractivity contribution in [1.29, 1.82) is 0 Å². The molecule has 3 unspecified atom stereocenters. The fourth-order valence-corrected chi connectivity index (χ4v) is 4.37. The number of unbranched alkanes of at least 4 members (excludes halogenated alkanes) is 1. The second-order valence-corrected chi connectivity index (χ2v) is 7.01. The van der Waals surface area contributed by atoms with E-state index in [4.69, 9.17) is 0 Å². The summed E-state index contributed by atoms with van der Waals surface area (Å²) in [5.74, 6) is 1.94. The molecule has 0 aromatic carbocycles. The number of carbonyl (C=O) groups excluding carboxylic acids is 2. The lowest BCUT2D eigenvalue weighted by Gasteiger charge is -2.16. The first-order chi connectivity index (χ1) is 9.70. The lowest BCUT2D eigenvalue weighted by atomic mass is 10.0. The van der Waals surface area contributed by atoms with Gasteiger partial charge in [-0.2, -0.15) is 24.4 Å². The van der Waals surface area contributed by atoms with E-state index in [1.807, 2.05) is 11.8 Å². The molecular formula is C13H23N3O2S2. The standard InChI is InChI=1S/C13H23N3O2S2/c17-11(14-6-3-7-19)5-2-1-4-10-12-9(8-20-10)15-13(18)16-12/h9-10,12,19H,1-8H2,(H,14,17)(H2,15,16,18). The Morgan fingerprint density at radius 2 is 2.20 bits per heavy atom. The SMILES string of the molecule is O=C(CCCCC1SCC2NC(=O)NC21)NCCCS. The number of carbonyl (C=O) groups is 2. The molecule has 3 amide bonds. The zero-order valence-electron chi connectivity index (χ0n) is 11.6. The quantitative estimate of drug-likeness (QED) is 0.308. The first-order valence-corrected chi connectivity index (χ1v) is 8.95. The van der Waals surface area contributed by atoms with Gasteiger partial charge in [-0.1, -0.05) is 6.42 Å².